The molecule has 0 radical (unpaired) electrons. The molecule has 20 heavy (non-hydrogen) atoms. The van der Waals surface area contributed by atoms with Crippen molar-refractivity contribution in [2.75, 3.05) is 6.54 Å². The minimum absolute atomic E-state index is 0.0127. The van der Waals surface area contributed by atoms with Gasteiger partial charge in [0, 0.05) is 24.4 Å². The number of thiophene rings is 1. The number of aromatic carboxylic acids is 1. The second kappa shape index (κ2) is 5.90. The molecule has 1 aromatic rings. The molecule has 0 atom stereocenters. The van der Waals surface area contributed by atoms with Gasteiger partial charge in [-0.1, -0.05) is 0 Å². The van der Waals surface area contributed by atoms with Crippen molar-refractivity contribution in [2.24, 2.45) is 0 Å². The van der Waals surface area contributed by atoms with Gasteiger partial charge in [-0.25, -0.2) is 17.9 Å². The maximum absolute atomic E-state index is 11.9. The van der Waals surface area contributed by atoms with Crippen LogP contribution in [0.4, 0.5) is 0 Å². The molecule has 0 saturated heterocycles. The summed E-state index contributed by atoms with van der Waals surface area (Å²) in [4.78, 5) is 22.1. The first kappa shape index (κ1) is 14.9. The lowest BCUT2D eigenvalue weighted by Crippen LogP contribution is -2.31. The summed E-state index contributed by atoms with van der Waals surface area (Å²) in [6.45, 7) is -0.0127. The fourth-order valence-corrected chi connectivity index (χ4v) is 3.70. The summed E-state index contributed by atoms with van der Waals surface area (Å²) in [6, 6.07) is 1.34. The number of amides is 1. The van der Waals surface area contributed by atoms with Gasteiger partial charge in [-0.15, -0.1) is 11.3 Å². The van der Waals surface area contributed by atoms with Crippen LogP contribution in [0.3, 0.4) is 0 Å². The molecule has 7 nitrogen and oxygen atoms in total. The number of hydrogen-bond donors (Lipinski definition) is 3. The van der Waals surface area contributed by atoms with Crippen LogP contribution in [0, 0.1) is 0 Å². The van der Waals surface area contributed by atoms with Crippen LogP contribution < -0.4 is 10.0 Å². The predicted molar refractivity (Wildman–Crippen MR) is 72.2 cm³/mol. The number of carbonyl (C=O) groups is 2. The van der Waals surface area contributed by atoms with E-state index in [4.69, 9.17) is 5.11 Å². The van der Waals surface area contributed by atoms with E-state index in [1.807, 2.05) is 0 Å². The summed E-state index contributed by atoms with van der Waals surface area (Å²) in [5, 5.41) is 12.8. The van der Waals surface area contributed by atoms with Crippen molar-refractivity contribution in [3.8, 4) is 0 Å². The van der Waals surface area contributed by atoms with Gasteiger partial charge in [-0.3, -0.25) is 4.79 Å². The zero-order chi connectivity index (χ0) is 14.8. The first-order chi connectivity index (χ1) is 9.38. The topological polar surface area (TPSA) is 113 Å². The molecule has 1 heterocycles. The van der Waals surface area contributed by atoms with Gasteiger partial charge in [0.2, 0.25) is 15.9 Å². The molecule has 0 spiro atoms. The van der Waals surface area contributed by atoms with Crippen molar-refractivity contribution in [2.45, 2.75) is 29.5 Å². The Balaban J connectivity index is 1.86. The fraction of sp³-hybridized carbons (Fsp3) is 0.455. The number of hydrogen-bond acceptors (Lipinski definition) is 5. The summed E-state index contributed by atoms with van der Waals surface area (Å²) in [6.07, 6.45) is 2.02. The van der Waals surface area contributed by atoms with E-state index in [1.54, 1.807) is 0 Å². The number of sulfonamides is 1. The predicted octanol–water partition coefficient (Wildman–Crippen LogP) is 0.393. The summed E-state index contributed by atoms with van der Waals surface area (Å²) >= 11 is 0.832. The molecule has 3 N–H and O–H groups in total. The Morgan fingerprint density at radius 3 is 2.65 bits per heavy atom. The first-order valence-corrected chi connectivity index (χ1v) is 8.35. The molecule has 1 fully saturated rings. The fourth-order valence-electron chi connectivity index (χ4n) is 1.47. The van der Waals surface area contributed by atoms with E-state index in [0.717, 1.165) is 30.2 Å². The van der Waals surface area contributed by atoms with Crippen LogP contribution in [0.25, 0.3) is 0 Å². The van der Waals surface area contributed by atoms with Gasteiger partial charge in [-0.2, -0.15) is 0 Å². The Morgan fingerprint density at radius 2 is 2.10 bits per heavy atom. The third kappa shape index (κ3) is 4.02. The lowest BCUT2D eigenvalue weighted by Gasteiger charge is -2.05. The van der Waals surface area contributed by atoms with Crippen molar-refractivity contribution < 1.29 is 23.1 Å². The van der Waals surface area contributed by atoms with E-state index in [9.17, 15) is 18.0 Å². The van der Waals surface area contributed by atoms with E-state index >= 15 is 0 Å². The van der Waals surface area contributed by atoms with Gasteiger partial charge >= 0.3 is 5.97 Å². The Hall–Kier alpha value is -1.45. The quantitative estimate of drug-likeness (QED) is 0.673. The third-order valence-corrected chi connectivity index (χ3v) is 5.57. The van der Waals surface area contributed by atoms with E-state index in [2.05, 4.69) is 10.0 Å². The maximum atomic E-state index is 11.9. The number of nitrogens with one attached hydrogen (secondary N) is 2. The van der Waals surface area contributed by atoms with Crippen LogP contribution in [-0.4, -0.2) is 38.0 Å². The molecule has 1 saturated carbocycles. The summed E-state index contributed by atoms with van der Waals surface area (Å²) in [5.74, 6) is -1.36. The average molecular weight is 318 g/mol. The standard InChI is InChI=1S/C11H14N2O5S2/c14-9(13-8-1-2-8)3-4-12-20(17,18)10-5-7(6-19-10)11(15)16/h5-6,8,12H,1-4H2,(H,13,14)(H,15,16). The first-order valence-electron chi connectivity index (χ1n) is 5.99. The minimum atomic E-state index is -3.76. The van der Waals surface area contributed by atoms with Crippen LogP contribution in [0.1, 0.15) is 29.6 Å². The van der Waals surface area contributed by atoms with Gasteiger partial charge in [0.25, 0.3) is 0 Å². The average Bonchev–Trinajstić information content (AvgIpc) is 3.01. The molecule has 1 aromatic heterocycles. The molecule has 1 aliphatic rings. The molecular formula is C11H14N2O5S2. The SMILES string of the molecule is O=C(CCNS(=O)(=O)c1cc(C(=O)O)cs1)NC1CC1. The smallest absolute Gasteiger partial charge is 0.336 e. The summed E-state index contributed by atoms with van der Waals surface area (Å²) in [5.41, 5.74) is -0.0677. The number of carboxylic acids is 1. The molecule has 0 aromatic carbocycles. The lowest BCUT2D eigenvalue weighted by molar-refractivity contribution is -0.121. The lowest BCUT2D eigenvalue weighted by atomic mass is 10.4. The Bertz CT molecular complexity index is 619. The van der Waals surface area contributed by atoms with Crippen LogP contribution in [-0.2, 0) is 14.8 Å². The van der Waals surface area contributed by atoms with E-state index in [1.165, 1.54) is 5.38 Å². The zero-order valence-corrected chi connectivity index (χ0v) is 12.1. The second-order valence-electron chi connectivity index (χ2n) is 4.45. The maximum Gasteiger partial charge on any atom is 0.336 e. The Morgan fingerprint density at radius 1 is 1.40 bits per heavy atom. The molecule has 1 amide bonds. The Labute approximate surface area is 120 Å². The van der Waals surface area contributed by atoms with Gasteiger partial charge in [0.15, 0.2) is 0 Å². The van der Waals surface area contributed by atoms with Crippen molar-refractivity contribution in [3.05, 3.63) is 17.0 Å². The highest BCUT2D eigenvalue weighted by Gasteiger charge is 2.23. The van der Waals surface area contributed by atoms with Crippen molar-refractivity contribution in [3.63, 3.8) is 0 Å². The van der Waals surface area contributed by atoms with E-state index in [-0.39, 0.29) is 34.7 Å². The van der Waals surface area contributed by atoms with Crippen LogP contribution in [0.2, 0.25) is 0 Å². The molecule has 0 bridgehead atoms. The van der Waals surface area contributed by atoms with Crippen molar-refractivity contribution in [1.82, 2.24) is 10.0 Å². The monoisotopic (exact) mass is 318 g/mol. The van der Waals surface area contributed by atoms with Crippen LogP contribution in [0.15, 0.2) is 15.7 Å². The second-order valence-corrected chi connectivity index (χ2v) is 7.35. The van der Waals surface area contributed by atoms with E-state index in [0.29, 0.717) is 0 Å². The molecule has 0 unspecified atom stereocenters. The van der Waals surface area contributed by atoms with Gasteiger partial charge in [-0.05, 0) is 18.9 Å². The van der Waals surface area contributed by atoms with E-state index < -0.39 is 16.0 Å². The molecule has 2 rings (SSSR count). The largest absolute Gasteiger partial charge is 0.478 e. The minimum Gasteiger partial charge on any atom is -0.478 e. The van der Waals surface area contributed by atoms with Crippen LogP contribution in [0.5, 0.6) is 0 Å². The highest BCUT2D eigenvalue weighted by Crippen LogP contribution is 2.20. The molecule has 0 aliphatic heterocycles. The normalized spacial score (nSPS) is 15.0. The highest BCUT2D eigenvalue weighted by molar-refractivity contribution is 7.91. The summed E-state index contributed by atoms with van der Waals surface area (Å²) in [7, 11) is -3.76. The Kier molecular flexibility index (Phi) is 4.41. The molecule has 110 valence electrons. The van der Waals surface area contributed by atoms with Crippen molar-refractivity contribution in [1.29, 1.82) is 0 Å². The van der Waals surface area contributed by atoms with Crippen LogP contribution >= 0.6 is 11.3 Å². The van der Waals surface area contributed by atoms with Gasteiger partial charge in [0.1, 0.15) is 4.21 Å². The number of rotatable bonds is 7. The number of carboxylic acid groups (broad SMARTS) is 1. The highest BCUT2D eigenvalue weighted by atomic mass is 32.2. The molecular weight excluding hydrogens is 304 g/mol. The third-order valence-electron chi connectivity index (χ3n) is 2.67. The molecule has 1 aliphatic carbocycles. The number of carbonyl (C=O) groups excluding carboxylic acids is 1. The van der Waals surface area contributed by atoms with Crippen molar-refractivity contribution >= 4 is 33.2 Å². The zero-order valence-electron chi connectivity index (χ0n) is 10.5. The molecule has 9 heteroatoms. The summed E-state index contributed by atoms with van der Waals surface area (Å²) < 4.78 is 25.9. The van der Waals surface area contributed by atoms with Gasteiger partial charge < -0.3 is 10.4 Å². The van der Waals surface area contributed by atoms with Gasteiger partial charge in [0.05, 0.1) is 5.56 Å².